The van der Waals surface area contributed by atoms with Crippen LogP contribution in [0.4, 0.5) is 0 Å². The molecule has 3 aliphatic heterocycles. The molecule has 1 aromatic heterocycles. The van der Waals surface area contributed by atoms with Crippen LogP contribution in [0.5, 0.6) is 11.5 Å². The van der Waals surface area contributed by atoms with Gasteiger partial charge in [0.2, 0.25) is 6.79 Å². The molecule has 0 bridgehead atoms. The van der Waals surface area contributed by atoms with Gasteiger partial charge in [0, 0.05) is 45.3 Å². The molecule has 0 amide bonds. The summed E-state index contributed by atoms with van der Waals surface area (Å²) < 4.78 is 16.6. The summed E-state index contributed by atoms with van der Waals surface area (Å²) in [6.07, 6.45) is 2.51. The molecule has 1 N–H and O–H groups in total. The molecule has 30 heavy (non-hydrogen) atoms. The molecule has 5 rings (SSSR count). The average Bonchev–Trinajstić information content (AvgIpc) is 3.43. The van der Waals surface area contributed by atoms with Crippen LogP contribution in [0, 0.1) is 0 Å². The number of rotatable bonds is 6. The fourth-order valence-electron chi connectivity index (χ4n) is 4.87. The average molecular weight is 414 g/mol. The number of furan rings is 1. The molecule has 3 aliphatic rings. The summed E-state index contributed by atoms with van der Waals surface area (Å²) in [7, 11) is 0. The molecule has 7 heteroatoms. The lowest BCUT2D eigenvalue weighted by atomic mass is 10.0. The fraction of sp³-hybridized carbons (Fsp3) is 0.565. The van der Waals surface area contributed by atoms with Gasteiger partial charge < -0.3 is 19.0 Å². The molecular formula is C23H31N3O4. The number of aliphatic hydroxyl groups excluding tert-OH is 1. The van der Waals surface area contributed by atoms with Crippen LogP contribution in [0.3, 0.4) is 0 Å². The first-order valence-electron chi connectivity index (χ1n) is 11.0. The number of fused-ring (bicyclic) bond motifs is 1. The Labute approximate surface area is 177 Å². The fourth-order valence-corrected chi connectivity index (χ4v) is 4.87. The SMILES string of the molecule is OCc1ccc(CN2CCC[C@@H](N3CCN(Cc4ccc5c(c4)OCO5)CC3)C2)o1. The summed E-state index contributed by atoms with van der Waals surface area (Å²) in [5, 5.41) is 9.19. The van der Waals surface area contributed by atoms with Crippen molar-refractivity contribution in [2.45, 2.75) is 38.6 Å². The molecule has 0 spiro atoms. The van der Waals surface area contributed by atoms with Crippen molar-refractivity contribution >= 4 is 0 Å². The number of ether oxygens (including phenoxy) is 2. The maximum absolute atomic E-state index is 9.19. The van der Waals surface area contributed by atoms with E-state index in [0.29, 0.717) is 18.6 Å². The number of hydrogen-bond acceptors (Lipinski definition) is 7. The zero-order valence-corrected chi connectivity index (χ0v) is 17.5. The first-order chi connectivity index (χ1) is 14.8. The van der Waals surface area contributed by atoms with Crippen LogP contribution in [0.2, 0.25) is 0 Å². The second-order valence-electron chi connectivity index (χ2n) is 8.56. The Kier molecular flexibility index (Phi) is 5.95. The van der Waals surface area contributed by atoms with Crippen molar-refractivity contribution in [2.24, 2.45) is 0 Å². The van der Waals surface area contributed by atoms with E-state index < -0.39 is 0 Å². The third kappa shape index (κ3) is 4.49. The summed E-state index contributed by atoms with van der Waals surface area (Å²) >= 11 is 0. The van der Waals surface area contributed by atoms with Gasteiger partial charge in [0.05, 0.1) is 6.54 Å². The van der Waals surface area contributed by atoms with Gasteiger partial charge in [0.15, 0.2) is 11.5 Å². The van der Waals surface area contributed by atoms with E-state index in [0.717, 1.165) is 69.6 Å². The van der Waals surface area contributed by atoms with Gasteiger partial charge >= 0.3 is 0 Å². The van der Waals surface area contributed by atoms with Crippen LogP contribution in [0.25, 0.3) is 0 Å². The summed E-state index contributed by atoms with van der Waals surface area (Å²) in [5.41, 5.74) is 1.29. The van der Waals surface area contributed by atoms with E-state index in [1.807, 2.05) is 18.2 Å². The lowest BCUT2D eigenvalue weighted by molar-refractivity contribution is 0.0456. The first-order valence-corrected chi connectivity index (χ1v) is 11.0. The second-order valence-corrected chi connectivity index (χ2v) is 8.56. The number of likely N-dealkylation sites (tertiary alicyclic amines) is 1. The Hall–Kier alpha value is -2.06. The predicted molar refractivity (Wildman–Crippen MR) is 112 cm³/mol. The third-order valence-corrected chi connectivity index (χ3v) is 6.50. The molecule has 2 saturated heterocycles. The number of nitrogens with zero attached hydrogens (tertiary/aromatic N) is 3. The normalized spacial score (nSPS) is 23.2. The van der Waals surface area contributed by atoms with Crippen LogP contribution in [-0.4, -0.2) is 71.9 Å². The highest BCUT2D eigenvalue weighted by Crippen LogP contribution is 2.33. The van der Waals surface area contributed by atoms with Crippen molar-refractivity contribution in [1.29, 1.82) is 0 Å². The van der Waals surface area contributed by atoms with E-state index >= 15 is 0 Å². The molecule has 2 fully saturated rings. The van der Waals surface area contributed by atoms with Crippen LogP contribution < -0.4 is 9.47 Å². The summed E-state index contributed by atoms with van der Waals surface area (Å²) in [4.78, 5) is 7.70. The number of aliphatic hydroxyl groups is 1. The van der Waals surface area contributed by atoms with E-state index in [4.69, 9.17) is 13.9 Å². The van der Waals surface area contributed by atoms with Crippen LogP contribution >= 0.6 is 0 Å². The standard InChI is InChI=1S/C23H31N3O4/c27-16-21-5-4-20(30-21)15-25-7-1-2-19(14-25)26-10-8-24(9-11-26)13-18-3-6-22-23(12-18)29-17-28-22/h3-6,12,19,27H,1-2,7-11,13-17H2/t19-/m1/s1. The van der Waals surface area contributed by atoms with Crippen molar-refractivity contribution in [2.75, 3.05) is 46.1 Å². The zero-order chi connectivity index (χ0) is 20.3. The van der Waals surface area contributed by atoms with Gasteiger partial charge in [-0.05, 0) is 49.2 Å². The van der Waals surface area contributed by atoms with Gasteiger partial charge in [0.25, 0.3) is 0 Å². The third-order valence-electron chi connectivity index (χ3n) is 6.50. The summed E-state index contributed by atoms with van der Waals surface area (Å²) in [6, 6.07) is 10.8. The highest BCUT2D eigenvalue weighted by Gasteiger charge is 2.28. The minimum Gasteiger partial charge on any atom is -0.462 e. The number of benzene rings is 1. The Morgan fingerprint density at radius 3 is 2.53 bits per heavy atom. The van der Waals surface area contributed by atoms with Crippen molar-refractivity contribution in [3.63, 3.8) is 0 Å². The molecular weight excluding hydrogens is 382 g/mol. The van der Waals surface area contributed by atoms with E-state index in [-0.39, 0.29) is 6.61 Å². The summed E-state index contributed by atoms with van der Waals surface area (Å²) in [5.74, 6) is 3.33. The van der Waals surface area contributed by atoms with Crippen molar-refractivity contribution in [3.05, 3.63) is 47.4 Å². The van der Waals surface area contributed by atoms with Crippen molar-refractivity contribution < 1.29 is 19.0 Å². The van der Waals surface area contributed by atoms with Gasteiger partial charge in [-0.15, -0.1) is 0 Å². The quantitative estimate of drug-likeness (QED) is 0.780. The van der Waals surface area contributed by atoms with Crippen LogP contribution in [-0.2, 0) is 19.7 Å². The molecule has 7 nitrogen and oxygen atoms in total. The molecule has 2 aromatic rings. The highest BCUT2D eigenvalue weighted by molar-refractivity contribution is 5.44. The minimum atomic E-state index is -0.0286. The molecule has 0 aliphatic carbocycles. The van der Waals surface area contributed by atoms with Crippen molar-refractivity contribution in [1.82, 2.24) is 14.7 Å². The molecule has 1 atom stereocenters. The predicted octanol–water partition coefficient (Wildman–Crippen LogP) is 2.28. The van der Waals surface area contributed by atoms with Gasteiger partial charge in [-0.1, -0.05) is 6.07 Å². The Bertz CT molecular complexity index is 847. The lowest BCUT2D eigenvalue weighted by Gasteiger charge is -2.43. The number of hydrogen-bond donors (Lipinski definition) is 1. The maximum atomic E-state index is 9.19. The Morgan fingerprint density at radius 2 is 1.70 bits per heavy atom. The minimum absolute atomic E-state index is 0.0286. The molecule has 0 unspecified atom stereocenters. The van der Waals surface area contributed by atoms with E-state index in [2.05, 4.69) is 26.8 Å². The lowest BCUT2D eigenvalue weighted by Crippen LogP contribution is -2.54. The van der Waals surface area contributed by atoms with Crippen molar-refractivity contribution in [3.8, 4) is 11.5 Å². The molecule has 0 radical (unpaired) electrons. The van der Waals surface area contributed by atoms with Gasteiger partial charge in [0.1, 0.15) is 18.1 Å². The zero-order valence-electron chi connectivity index (χ0n) is 17.5. The molecule has 1 aromatic carbocycles. The van der Waals surface area contributed by atoms with E-state index in [9.17, 15) is 5.11 Å². The van der Waals surface area contributed by atoms with E-state index in [1.165, 1.54) is 18.4 Å². The number of piperazine rings is 1. The van der Waals surface area contributed by atoms with Gasteiger partial charge in [-0.25, -0.2) is 0 Å². The van der Waals surface area contributed by atoms with Gasteiger partial charge in [-0.2, -0.15) is 0 Å². The monoisotopic (exact) mass is 413 g/mol. The second kappa shape index (κ2) is 8.98. The summed E-state index contributed by atoms with van der Waals surface area (Å²) in [6.45, 7) is 8.76. The topological polar surface area (TPSA) is 61.6 Å². The largest absolute Gasteiger partial charge is 0.462 e. The Balaban J connectivity index is 1.11. The Morgan fingerprint density at radius 1 is 0.867 bits per heavy atom. The highest BCUT2D eigenvalue weighted by atomic mass is 16.7. The molecule has 4 heterocycles. The smallest absolute Gasteiger partial charge is 0.231 e. The first kappa shape index (κ1) is 19.9. The maximum Gasteiger partial charge on any atom is 0.231 e. The van der Waals surface area contributed by atoms with Crippen LogP contribution in [0.1, 0.15) is 29.9 Å². The van der Waals surface area contributed by atoms with E-state index in [1.54, 1.807) is 0 Å². The molecule has 162 valence electrons. The van der Waals surface area contributed by atoms with Crippen LogP contribution in [0.15, 0.2) is 34.7 Å². The molecule has 0 saturated carbocycles. The number of piperidine rings is 1. The van der Waals surface area contributed by atoms with Gasteiger partial charge in [-0.3, -0.25) is 14.7 Å².